The number of ether oxygens (including phenoxy) is 1. The quantitative estimate of drug-likeness (QED) is 0.286. The Balaban J connectivity index is 1.75. The fraction of sp³-hybridized carbons (Fsp3) is 0.355. The highest BCUT2D eigenvalue weighted by atomic mass is 35.5. The van der Waals surface area contributed by atoms with E-state index in [1.807, 2.05) is 36.4 Å². The highest BCUT2D eigenvalue weighted by Crippen LogP contribution is 2.28. The normalized spacial score (nSPS) is 14.3. The number of carbonyl (C=O) groups is 2. The maximum absolute atomic E-state index is 14.2. The van der Waals surface area contributed by atoms with E-state index in [1.165, 1.54) is 23.1 Å². The number of amides is 2. The lowest BCUT2D eigenvalue weighted by Gasteiger charge is -2.34. The lowest BCUT2D eigenvalue weighted by molar-refractivity contribution is -0.140. The van der Waals surface area contributed by atoms with Gasteiger partial charge in [0.25, 0.3) is 0 Å². The third-order valence-corrected chi connectivity index (χ3v) is 8.85. The number of nitrogens with one attached hydrogen (secondary N) is 1. The van der Waals surface area contributed by atoms with Crippen LogP contribution in [0.2, 0.25) is 10.0 Å². The molecule has 1 N–H and O–H groups in total. The molecule has 0 spiro atoms. The van der Waals surface area contributed by atoms with Crippen molar-refractivity contribution in [3.63, 3.8) is 0 Å². The molecule has 11 heteroatoms. The molecule has 0 radical (unpaired) electrons. The van der Waals surface area contributed by atoms with Crippen molar-refractivity contribution in [2.45, 2.75) is 50.7 Å². The Morgan fingerprint density at radius 2 is 1.60 bits per heavy atom. The first kappa shape index (κ1) is 31.7. The number of benzene rings is 3. The maximum Gasteiger partial charge on any atom is 0.244 e. The Hall–Kier alpha value is -3.27. The van der Waals surface area contributed by atoms with Crippen LogP contribution in [0.4, 0.5) is 5.69 Å². The average molecular weight is 633 g/mol. The standard InChI is InChI=1S/C31H35Cl2N3O5S/c1-41-28-14-8-11-23(15-28)20-35(30(37)21-36(42(2,39)40)27-18-24(32)17-25(33)19-27)29(16-22-9-4-3-5-10-22)31(38)34-26-12-6-7-13-26/h3-5,8-11,14-15,17-19,26,29H,6-7,12-13,16,20-21H2,1-2H3,(H,34,38)/t29-/m1/s1. The van der Waals surface area contributed by atoms with E-state index in [1.54, 1.807) is 25.3 Å². The van der Waals surface area contributed by atoms with Gasteiger partial charge in [0.15, 0.2) is 0 Å². The molecular weight excluding hydrogens is 597 g/mol. The molecule has 1 saturated carbocycles. The molecule has 1 aliphatic carbocycles. The molecular formula is C31H35Cl2N3O5S. The molecule has 0 unspecified atom stereocenters. The molecule has 3 aromatic carbocycles. The highest BCUT2D eigenvalue weighted by Gasteiger charge is 2.34. The van der Waals surface area contributed by atoms with Gasteiger partial charge in [-0.05, 0) is 54.3 Å². The predicted octanol–water partition coefficient (Wildman–Crippen LogP) is 5.47. The summed E-state index contributed by atoms with van der Waals surface area (Å²) in [5, 5.41) is 3.60. The zero-order valence-electron chi connectivity index (χ0n) is 23.6. The summed E-state index contributed by atoms with van der Waals surface area (Å²) in [6.45, 7) is -0.499. The van der Waals surface area contributed by atoms with E-state index in [2.05, 4.69) is 5.32 Å². The highest BCUT2D eigenvalue weighted by molar-refractivity contribution is 7.92. The summed E-state index contributed by atoms with van der Waals surface area (Å²) >= 11 is 12.4. The Labute approximate surface area is 257 Å². The Kier molecular flexibility index (Phi) is 10.8. The van der Waals surface area contributed by atoms with Crippen LogP contribution in [0.5, 0.6) is 5.75 Å². The molecule has 0 bridgehead atoms. The largest absolute Gasteiger partial charge is 0.497 e. The average Bonchev–Trinajstić information content (AvgIpc) is 3.46. The molecule has 42 heavy (non-hydrogen) atoms. The summed E-state index contributed by atoms with van der Waals surface area (Å²) in [4.78, 5) is 29.6. The molecule has 8 nitrogen and oxygen atoms in total. The van der Waals surface area contributed by atoms with E-state index in [9.17, 15) is 18.0 Å². The minimum atomic E-state index is -3.94. The lowest BCUT2D eigenvalue weighted by Crippen LogP contribution is -2.54. The van der Waals surface area contributed by atoms with Gasteiger partial charge in [0.2, 0.25) is 21.8 Å². The fourth-order valence-corrected chi connectivity index (χ4v) is 6.53. The van der Waals surface area contributed by atoms with Crippen LogP contribution in [-0.4, -0.2) is 57.1 Å². The van der Waals surface area contributed by atoms with Crippen molar-refractivity contribution in [1.82, 2.24) is 10.2 Å². The number of sulfonamides is 1. The van der Waals surface area contributed by atoms with Gasteiger partial charge in [-0.1, -0.05) is 78.5 Å². The van der Waals surface area contributed by atoms with Crippen molar-refractivity contribution in [2.75, 3.05) is 24.2 Å². The van der Waals surface area contributed by atoms with E-state index in [-0.39, 0.29) is 40.6 Å². The molecule has 1 fully saturated rings. The molecule has 4 rings (SSSR count). The van der Waals surface area contributed by atoms with Gasteiger partial charge in [0.05, 0.1) is 19.1 Å². The number of halogens is 2. The second kappa shape index (κ2) is 14.3. The van der Waals surface area contributed by atoms with Crippen LogP contribution in [0.3, 0.4) is 0 Å². The topological polar surface area (TPSA) is 96.0 Å². The molecule has 224 valence electrons. The first-order valence-corrected chi connectivity index (χ1v) is 16.3. The number of carbonyl (C=O) groups excluding carboxylic acids is 2. The van der Waals surface area contributed by atoms with Crippen molar-refractivity contribution >= 4 is 50.7 Å². The van der Waals surface area contributed by atoms with Crippen molar-refractivity contribution in [1.29, 1.82) is 0 Å². The van der Waals surface area contributed by atoms with Crippen LogP contribution in [0.1, 0.15) is 36.8 Å². The van der Waals surface area contributed by atoms with E-state index in [0.717, 1.165) is 47.4 Å². The second-order valence-electron chi connectivity index (χ2n) is 10.5. The van der Waals surface area contributed by atoms with E-state index < -0.39 is 28.5 Å². The van der Waals surface area contributed by atoms with Crippen molar-refractivity contribution in [3.8, 4) is 5.75 Å². The molecule has 0 saturated heterocycles. The Morgan fingerprint density at radius 1 is 0.952 bits per heavy atom. The molecule has 1 aliphatic rings. The zero-order valence-corrected chi connectivity index (χ0v) is 26.0. The maximum atomic E-state index is 14.2. The van der Waals surface area contributed by atoms with Gasteiger partial charge in [-0.2, -0.15) is 0 Å². The summed E-state index contributed by atoms with van der Waals surface area (Å²) in [6, 6.07) is 20.1. The smallest absolute Gasteiger partial charge is 0.244 e. The number of rotatable bonds is 12. The third-order valence-electron chi connectivity index (χ3n) is 7.27. The lowest BCUT2D eigenvalue weighted by atomic mass is 10.0. The number of anilines is 1. The van der Waals surface area contributed by atoms with E-state index >= 15 is 0 Å². The van der Waals surface area contributed by atoms with Crippen LogP contribution >= 0.6 is 23.2 Å². The SMILES string of the molecule is COc1cccc(CN(C(=O)CN(c2cc(Cl)cc(Cl)c2)S(C)(=O)=O)[C@H](Cc2ccccc2)C(=O)NC2CCCC2)c1. The minimum absolute atomic E-state index is 0.0330. The van der Waals surface area contributed by atoms with Crippen LogP contribution in [0, 0.1) is 0 Å². The molecule has 0 aliphatic heterocycles. The van der Waals surface area contributed by atoms with Gasteiger partial charge in [0.1, 0.15) is 18.3 Å². The number of nitrogens with zero attached hydrogens (tertiary/aromatic N) is 2. The van der Waals surface area contributed by atoms with Crippen LogP contribution in [0.25, 0.3) is 0 Å². The fourth-order valence-electron chi connectivity index (χ4n) is 5.19. The van der Waals surface area contributed by atoms with E-state index in [0.29, 0.717) is 5.75 Å². The minimum Gasteiger partial charge on any atom is -0.497 e. The molecule has 0 heterocycles. The summed E-state index contributed by atoms with van der Waals surface area (Å²) in [7, 11) is -2.39. The van der Waals surface area contributed by atoms with Crippen molar-refractivity contribution in [3.05, 3.63) is 94.0 Å². The first-order chi connectivity index (χ1) is 20.0. The zero-order chi connectivity index (χ0) is 30.3. The molecule has 2 amide bonds. The summed E-state index contributed by atoms with van der Waals surface area (Å²) in [5.41, 5.74) is 1.75. The van der Waals surface area contributed by atoms with Crippen LogP contribution in [0.15, 0.2) is 72.8 Å². The number of hydrogen-bond donors (Lipinski definition) is 1. The number of methoxy groups -OCH3 is 1. The summed E-state index contributed by atoms with van der Waals surface area (Å²) in [5.74, 6) is -0.234. The number of hydrogen-bond acceptors (Lipinski definition) is 5. The molecule has 0 aromatic heterocycles. The second-order valence-corrected chi connectivity index (χ2v) is 13.2. The Morgan fingerprint density at radius 3 is 2.21 bits per heavy atom. The van der Waals surface area contributed by atoms with Gasteiger partial charge >= 0.3 is 0 Å². The molecule has 3 aromatic rings. The molecule has 1 atom stereocenters. The van der Waals surface area contributed by atoms with Gasteiger partial charge in [-0.25, -0.2) is 8.42 Å². The van der Waals surface area contributed by atoms with Crippen molar-refractivity contribution in [2.24, 2.45) is 0 Å². The van der Waals surface area contributed by atoms with Crippen LogP contribution < -0.4 is 14.4 Å². The van der Waals surface area contributed by atoms with Gasteiger partial charge in [-0.3, -0.25) is 13.9 Å². The monoisotopic (exact) mass is 631 g/mol. The van der Waals surface area contributed by atoms with Crippen molar-refractivity contribution < 1.29 is 22.7 Å². The van der Waals surface area contributed by atoms with Crippen LogP contribution in [-0.2, 0) is 32.6 Å². The predicted molar refractivity (Wildman–Crippen MR) is 167 cm³/mol. The first-order valence-electron chi connectivity index (χ1n) is 13.7. The Bertz CT molecular complexity index is 1480. The summed E-state index contributed by atoms with van der Waals surface area (Å²) in [6.07, 6.45) is 5.08. The van der Waals surface area contributed by atoms with E-state index in [4.69, 9.17) is 27.9 Å². The van der Waals surface area contributed by atoms with Gasteiger partial charge in [-0.15, -0.1) is 0 Å². The van der Waals surface area contributed by atoms with Gasteiger partial charge in [0, 0.05) is 29.1 Å². The van der Waals surface area contributed by atoms with Gasteiger partial charge < -0.3 is 15.0 Å². The third kappa shape index (κ3) is 8.63. The summed E-state index contributed by atoms with van der Waals surface area (Å²) < 4.78 is 32.2.